The van der Waals surface area contributed by atoms with E-state index in [1.54, 1.807) is 25.1 Å². The molecule has 0 aliphatic heterocycles. The summed E-state index contributed by atoms with van der Waals surface area (Å²) in [6, 6.07) is 12.3. The van der Waals surface area contributed by atoms with Crippen molar-refractivity contribution < 1.29 is 27.6 Å². The van der Waals surface area contributed by atoms with E-state index in [2.05, 4.69) is 25.9 Å². The third-order valence-electron chi connectivity index (χ3n) is 6.20. The molecule has 0 aliphatic carbocycles. The summed E-state index contributed by atoms with van der Waals surface area (Å²) in [6.45, 7) is 4.03. The number of anilines is 3. The van der Waals surface area contributed by atoms with Gasteiger partial charge in [0.15, 0.2) is 0 Å². The molecule has 4 rings (SSSR count). The molecular formula is C28H25ClF3N5O3. The van der Waals surface area contributed by atoms with E-state index in [1.165, 1.54) is 24.3 Å². The number of nitrogens with zero attached hydrogens (tertiary/aromatic N) is 1. The number of fused-ring (bicyclic) bond motifs is 1. The van der Waals surface area contributed by atoms with E-state index in [-0.39, 0.29) is 22.7 Å². The lowest BCUT2D eigenvalue weighted by Crippen LogP contribution is -2.19. The molecule has 8 nitrogen and oxygen atoms in total. The van der Waals surface area contributed by atoms with Crippen molar-refractivity contribution in [1.29, 1.82) is 0 Å². The van der Waals surface area contributed by atoms with Crippen molar-refractivity contribution in [2.24, 2.45) is 5.92 Å². The Morgan fingerprint density at radius 3 is 2.50 bits per heavy atom. The molecule has 0 fully saturated rings. The third kappa shape index (κ3) is 6.42. The lowest BCUT2D eigenvalue weighted by Gasteiger charge is -2.14. The van der Waals surface area contributed by atoms with Gasteiger partial charge in [-0.3, -0.25) is 9.59 Å². The number of hydrogen-bond acceptors (Lipinski definition) is 5. The highest BCUT2D eigenvalue weighted by Gasteiger charge is 2.35. The second-order valence-corrected chi connectivity index (χ2v) is 9.67. The Labute approximate surface area is 232 Å². The van der Waals surface area contributed by atoms with Crippen molar-refractivity contribution in [3.05, 3.63) is 81.9 Å². The highest BCUT2D eigenvalue weighted by Crippen LogP contribution is 2.33. The number of imidazole rings is 1. The van der Waals surface area contributed by atoms with Crippen molar-refractivity contribution in [1.82, 2.24) is 9.97 Å². The number of carbonyl (C=O) groups is 3. The van der Waals surface area contributed by atoms with Gasteiger partial charge in [0, 0.05) is 29.4 Å². The summed E-state index contributed by atoms with van der Waals surface area (Å²) < 4.78 is 40.5. The van der Waals surface area contributed by atoms with Gasteiger partial charge >= 0.3 is 6.18 Å². The molecule has 1 heterocycles. The van der Waals surface area contributed by atoms with Crippen LogP contribution in [0.25, 0.3) is 11.0 Å². The lowest BCUT2D eigenvalue weighted by molar-refractivity contribution is -0.137. The third-order valence-corrected chi connectivity index (χ3v) is 6.61. The van der Waals surface area contributed by atoms with E-state index in [0.29, 0.717) is 40.7 Å². The molecule has 0 saturated carbocycles. The smallest absolute Gasteiger partial charge is 0.356 e. The minimum Gasteiger partial charge on any atom is -0.356 e. The summed E-state index contributed by atoms with van der Waals surface area (Å²) in [5.74, 6) is -1.24. The van der Waals surface area contributed by atoms with Crippen molar-refractivity contribution in [2.45, 2.75) is 26.4 Å². The number of aldehydes is 1. The van der Waals surface area contributed by atoms with Crippen LogP contribution in [-0.4, -0.2) is 34.6 Å². The summed E-state index contributed by atoms with van der Waals surface area (Å²) in [7, 11) is 0. The first-order valence-corrected chi connectivity index (χ1v) is 12.6. The molecule has 0 saturated heterocycles. The van der Waals surface area contributed by atoms with Crippen LogP contribution in [0, 0.1) is 12.8 Å². The number of hydrogen-bond donors (Lipinski definition) is 4. The number of halogens is 4. The Bertz CT molecular complexity index is 1590. The molecule has 2 amide bonds. The van der Waals surface area contributed by atoms with Gasteiger partial charge in [0.05, 0.1) is 22.2 Å². The Morgan fingerprint density at radius 2 is 1.77 bits per heavy atom. The van der Waals surface area contributed by atoms with Gasteiger partial charge in [-0.25, -0.2) is 4.98 Å². The molecule has 3 aromatic carbocycles. The fraction of sp³-hybridized carbons (Fsp3) is 0.214. The number of H-pyrrole nitrogens is 1. The predicted molar refractivity (Wildman–Crippen MR) is 148 cm³/mol. The quantitative estimate of drug-likeness (QED) is 0.167. The SMILES string of the molecule is Cc1c(Cl)cccc1NC(=O)c1cc(NC(=O)c2ccccc2C(F)(F)F)cc2[nH]c(NCC(C)CC=O)nc12. The molecule has 4 aromatic rings. The Hall–Kier alpha value is -4.38. The van der Waals surface area contributed by atoms with E-state index in [0.717, 1.165) is 18.4 Å². The largest absolute Gasteiger partial charge is 0.417 e. The molecule has 0 aliphatic rings. The van der Waals surface area contributed by atoms with Crippen LogP contribution in [-0.2, 0) is 11.0 Å². The Kier molecular flexibility index (Phi) is 8.43. The van der Waals surface area contributed by atoms with E-state index in [1.807, 2.05) is 6.92 Å². The lowest BCUT2D eigenvalue weighted by atomic mass is 10.1. The number of rotatable bonds is 9. The van der Waals surface area contributed by atoms with E-state index < -0.39 is 29.1 Å². The van der Waals surface area contributed by atoms with Gasteiger partial charge in [0.2, 0.25) is 5.95 Å². The number of alkyl halides is 3. The molecule has 40 heavy (non-hydrogen) atoms. The Balaban J connectivity index is 1.72. The fourth-order valence-corrected chi connectivity index (χ4v) is 4.20. The van der Waals surface area contributed by atoms with Crippen LogP contribution in [0.15, 0.2) is 54.6 Å². The summed E-state index contributed by atoms with van der Waals surface area (Å²) in [5, 5.41) is 8.77. The van der Waals surface area contributed by atoms with Gasteiger partial charge in [-0.15, -0.1) is 0 Å². The molecule has 0 bridgehead atoms. The number of amides is 2. The van der Waals surface area contributed by atoms with Crippen molar-refractivity contribution in [2.75, 3.05) is 22.5 Å². The van der Waals surface area contributed by atoms with Crippen molar-refractivity contribution in [3.8, 4) is 0 Å². The molecule has 1 aromatic heterocycles. The van der Waals surface area contributed by atoms with Crippen LogP contribution in [0.3, 0.4) is 0 Å². The molecule has 0 radical (unpaired) electrons. The van der Waals surface area contributed by atoms with Gasteiger partial charge in [-0.1, -0.05) is 36.7 Å². The number of aromatic nitrogens is 2. The first-order chi connectivity index (χ1) is 19.0. The number of aromatic amines is 1. The summed E-state index contributed by atoms with van der Waals surface area (Å²) >= 11 is 6.18. The van der Waals surface area contributed by atoms with Gasteiger partial charge < -0.3 is 25.7 Å². The highest BCUT2D eigenvalue weighted by atomic mass is 35.5. The topological polar surface area (TPSA) is 116 Å². The summed E-state index contributed by atoms with van der Waals surface area (Å²) in [5.41, 5.74) is 0.184. The minimum absolute atomic E-state index is 0.0165. The monoisotopic (exact) mass is 571 g/mol. The highest BCUT2D eigenvalue weighted by molar-refractivity contribution is 6.31. The maximum atomic E-state index is 13.5. The second-order valence-electron chi connectivity index (χ2n) is 9.26. The molecule has 4 N–H and O–H groups in total. The standard InChI is InChI=1S/C28H25ClF3N5O3/c1-15(10-11-38)14-33-27-36-23-13-17(34-25(39)18-6-3-4-7-20(18)28(30,31)32)12-19(24(23)37-27)26(40)35-22-9-5-8-21(29)16(22)2/h3-9,11-13,15H,10,14H2,1-2H3,(H,34,39)(H,35,40)(H2,33,36,37). The van der Waals surface area contributed by atoms with Crippen LogP contribution >= 0.6 is 11.6 Å². The average molecular weight is 572 g/mol. The molecule has 1 atom stereocenters. The van der Waals surface area contributed by atoms with E-state index in [4.69, 9.17) is 11.6 Å². The minimum atomic E-state index is -4.73. The average Bonchev–Trinajstić information content (AvgIpc) is 3.32. The first kappa shape index (κ1) is 28.6. The maximum Gasteiger partial charge on any atom is 0.417 e. The first-order valence-electron chi connectivity index (χ1n) is 12.2. The normalized spacial score (nSPS) is 12.2. The van der Waals surface area contributed by atoms with Gasteiger partial charge in [0.1, 0.15) is 11.8 Å². The van der Waals surface area contributed by atoms with E-state index in [9.17, 15) is 27.6 Å². The van der Waals surface area contributed by atoms with Crippen LogP contribution in [0.2, 0.25) is 5.02 Å². The Morgan fingerprint density at radius 1 is 1.05 bits per heavy atom. The van der Waals surface area contributed by atoms with Gasteiger partial charge in [-0.05, 0) is 54.8 Å². The van der Waals surface area contributed by atoms with Gasteiger partial charge in [0.25, 0.3) is 11.8 Å². The molecule has 1 unspecified atom stereocenters. The summed E-state index contributed by atoms with van der Waals surface area (Å²) in [6.07, 6.45) is -3.57. The zero-order chi connectivity index (χ0) is 29.0. The second kappa shape index (κ2) is 11.8. The summed E-state index contributed by atoms with van der Waals surface area (Å²) in [4.78, 5) is 44.6. The molecule has 208 valence electrons. The van der Waals surface area contributed by atoms with Crippen LogP contribution in [0.1, 0.15) is 45.2 Å². The maximum absolute atomic E-state index is 13.5. The van der Waals surface area contributed by atoms with Crippen molar-refractivity contribution in [3.63, 3.8) is 0 Å². The number of nitrogens with one attached hydrogen (secondary N) is 4. The number of carbonyl (C=O) groups excluding carboxylic acids is 3. The van der Waals surface area contributed by atoms with Gasteiger partial charge in [-0.2, -0.15) is 13.2 Å². The number of benzene rings is 3. The van der Waals surface area contributed by atoms with Crippen molar-refractivity contribution >= 4 is 58.1 Å². The molecular weight excluding hydrogens is 547 g/mol. The van der Waals surface area contributed by atoms with Crippen LogP contribution < -0.4 is 16.0 Å². The predicted octanol–water partition coefficient (Wildman–Crippen LogP) is 6.69. The van der Waals surface area contributed by atoms with E-state index >= 15 is 0 Å². The fourth-order valence-electron chi connectivity index (χ4n) is 4.02. The zero-order valence-corrected chi connectivity index (χ0v) is 22.2. The molecule has 12 heteroatoms. The molecule has 0 spiro atoms. The zero-order valence-electron chi connectivity index (χ0n) is 21.4. The van der Waals surface area contributed by atoms with Crippen LogP contribution in [0.5, 0.6) is 0 Å². The van der Waals surface area contributed by atoms with Crippen LogP contribution in [0.4, 0.5) is 30.5 Å².